The number of anilines is 1. The van der Waals surface area contributed by atoms with Crippen LogP contribution in [0.2, 0.25) is 0 Å². The second-order valence-electron chi connectivity index (χ2n) is 6.34. The third kappa shape index (κ3) is 3.23. The Hall–Kier alpha value is -3.00. The Morgan fingerprint density at radius 1 is 1.26 bits per heavy atom. The summed E-state index contributed by atoms with van der Waals surface area (Å²) in [6.45, 7) is 2.72. The van der Waals surface area contributed by atoms with E-state index in [-0.39, 0.29) is 11.5 Å². The first-order valence-electron chi connectivity index (χ1n) is 8.78. The number of rotatable bonds is 4. The third-order valence-corrected chi connectivity index (χ3v) is 5.78. The van der Waals surface area contributed by atoms with Crippen LogP contribution in [0, 0.1) is 0 Å². The second kappa shape index (κ2) is 6.96. The molecule has 0 unspecified atom stereocenters. The molecule has 1 aromatic carbocycles. The summed E-state index contributed by atoms with van der Waals surface area (Å²) < 4.78 is 1.11. The number of benzene rings is 1. The van der Waals surface area contributed by atoms with Crippen LogP contribution in [0.5, 0.6) is 0 Å². The van der Waals surface area contributed by atoms with E-state index in [2.05, 4.69) is 10.4 Å². The maximum absolute atomic E-state index is 12.6. The van der Waals surface area contributed by atoms with Crippen LogP contribution in [0.1, 0.15) is 35.0 Å². The number of aromatic nitrogens is 2. The predicted molar refractivity (Wildman–Crippen MR) is 105 cm³/mol. The Morgan fingerprint density at radius 3 is 2.70 bits per heavy atom. The van der Waals surface area contributed by atoms with Gasteiger partial charge >= 0.3 is 0 Å². The van der Waals surface area contributed by atoms with E-state index in [1.54, 1.807) is 29.2 Å². The molecule has 7 nitrogen and oxygen atoms in total. The molecule has 4 rings (SSSR count). The Morgan fingerprint density at radius 2 is 2.04 bits per heavy atom. The van der Waals surface area contributed by atoms with Gasteiger partial charge < -0.3 is 4.90 Å². The summed E-state index contributed by atoms with van der Waals surface area (Å²) in [4.78, 5) is 44.6. The number of thiophene rings is 1. The molecule has 2 aromatic heterocycles. The Kier molecular flexibility index (Phi) is 4.49. The van der Waals surface area contributed by atoms with Gasteiger partial charge in [0, 0.05) is 29.1 Å². The summed E-state index contributed by atoms with van der Waals surface area (Å²) in [7, 11) is 0. The van der Waals surface area contributed by atoms with Crippen LogP contribution in [-0.4, -0.2) is 28.0 Å². The highest BCUT2D eigenvalue weighted by Gasteiger charge is 2.21. The lowest BCUT2D eigenvalue weighted by atomic mass is 10.2. The van der Waals surface area contributed by atoms with Crippen molar-refractivity contribution < 1.29 is 9.59 Å². The van der Waals surface area contributed by atoms with E-state index >= 15 is 0 Å². The topological polar surface area (TPSA) is 84.3 Å². The summed E-state index contributed by atoms with van der Waals surface area (Å²) in [6.07, 6.45) is 3.57. The summed E-state index contributed by atoms with van der Waals surface area (Å²) >= 11 is 1.48. The molecule has 1 fully saturated rings. The average molecular weight is 382 g/mol. The van der Waals surface area contributed by atoms with E-state index < -0.39 is 5.91 Å². The number of fused-ring (bicyclic) bond motifs is 1. The third-order valence-electron chi connectivity index (χ3n) is 4.59. The number of nitrogens with one attached hydrogen (secondary N) is 1. The van der Waals surface area contributed by atoms with Crippen molar-refractivity contribution in [2.45, 2.75) is 26.2 Å². The Bertz CT molecular complexity index is 1080. The number of amides is 2. The van der Waals surface area contributed by atoms with Crippen LogP contribution in [0.25, 0.3) is 10.2 Å². The molecule has 1 N–H and O–H groups in total. The van der Waals surface area contributed by atoms with Crippen molar-refractivity contribution in [3.05, 3.63) is 57.5 Å². The summed E-state index contributed by atoms with van der Waals surface area (Å²) in [5, 5.41) is 0.502. The monoisotopic (exact) mass is 382 g/mol. The predicted octanol–water partition coefficient (Wildman–Crippen LogP) is 2.53. The maximum atomic E-state index is 12.6. The molecule has 0 atom stereocenters. The lowest BCUT2D eigenvalue weighted by molar-refractivity contribution is -0.117. The highest BCUT2D eigenvalue weighted by molar-refractivity contribution is 7.18. The molecule has 1 aliphatic heterocycles. The zero-order valence-corrected chi connectivity index (χ0v) is 15.6. The van der Waals surface area contributed by atoms with Gasteiger partial charge in [0.1, 0.15) is 11.2 Å². The normalized spacial score (nSPS) is 14.1. The first kappa shape index (κ1) is 17.4. The van der Waals surface area contributed by atoms with Gasteiger partial charge in [0.05, 0.1) is 5.39 Å². The molecule has 3 heterocycles. The Balaban J connectivity index is 1.55. The van der Waals surface area contributed by atoms with Gasteiger partial charge in [0.25, 0.3) is 11.5 Å². The van der Waals surface area contributed by atoms with E-state index in [1.165, 1.54) is 17.7 Å². The molecule has 0 radical (unpaired) electrons. The fourth-order valence-corrected chi connectivity index (χ4v) is 4.04. The largest absolute Gasteiger partial charge is 0.312 e. The smallest absolute Gasteiger partial charge is 0.280 e. The molecule has 2 amide bonds. The number of hydrogen-bond acceptors (Lipinski definition) is 5. The average Bonchev–Trinajstić information content (AvgIpc) is 3.30. The van der Waals surface area contributed by atoms with Crippen molar-refractivity contribution >= 4 is 39.1 Å². The number of aryl methyl sites for hydroxylation is 1. The summed E-state index contributed by atoms with van der Waals surface area (Å²) in [5.74, 6) is -0.316. The summed E-state index contributed by atoms with van der Waals surface area (Å²) in [6, 6.07) is 8.60. The standard InChI is InChI=1S/C19H18N4O3S/c1-2-14-10-15-18(27-14)20-11-23(19(15)26)21-17(25)12-5-7-13(8-6-12)22-9-3-4-16(22)24/h5-8,10-11H,2-4,9H2,1H3,(H,21,25). The minimum atomic E-state index is -0.413. The van der Waals surface area contributed by atoms with Crippen molar-refractivity contribution in [2.75, 3.05) is 16.9 Å². The first-order valence-corrected chi connectivity index (χ1v) is 9.60. The fraction of sp³-hybridized carbons (Fsp3) is 0.263. The number of hydrogen-bond donors (Lipinski definition) is 1. The molecule has 138 valence electrons. The minimum Gasteiger partial charge on any atom is -0.312 e. The van der Waals surface area contributed by atoms with Gasteiger partial charge in [-0.25, -0.2) is 9.66 Å². The van der Waals surface area contributed by atoms with Gasteiger partial charge in [-0.15, -0.1) is 11.3 Å². The lowest BCUT2D eigenvalue weighted by Crippen LogP contribution is -2.33. The number of carbonyl (C=O) groups is 2. The van der Waals surface area contributed by atoms with E-state index in [0.29, 0.717) is 28.7 Å². The number of carbonyl (C=O) groups excluding carboxylic acids is 2. The van der Waals surface area contributed by atoms with E-state index in [0.717, 1.165) is 28.1 Å². The molecular weight excluding hydrogens is 364 g/mol. The molecule has 3 aromatic rings. The van der Waals surface area contributed by atoms with Gasteiger partial charge in [-0.2, -0.15) is 0 Å². The Labute approximate surface area is 159 Å². The van der Waals surface area contributed by atoms with Crippen LogP contribution in [0.15, 0.2) is 41.5 Å². The number of nitrogens with zero attached hydrogens (tertiary/aromatic N) is 3. The van der Waals surface area contributed by atoms with Gasteiger partial charge in [-0.3, -0.25) is 19.8 Å². The maximum Gasteiger partial charge on any atom is 0.280 e. The quantitative estimate of drug-likeness (QED) is 0.751. The van der Waals surface area contributed by atoms with Crippen LogP contribution >= 0.6 is 11.3 Å². The van der Waals surface area contributed by atoms with Crippen LogP contribution in [-0.2, 0) is 11.2 Å². The highest BCUT2D eigenvalue weighted by atomic mass is 32.1. The molecule has 0 aliphatic carbocycles. The van der Waals surface area contributed by atoms with Crippen molar-refractivity contribution in [3.63, 3.8) is 0 Å². The molecule has 0 saturated carbocycles. The molecule has 0 spiro atoms. The zero-order valence-electron chi connectivity index (χ0n) is 14.8. The van der Waals surface area contributed by atoms with Crippen LogP contribution < -0.4 is 15.9 Å². The van der Waals surface area contributed by atoms with Crippen molar-refractivity contribution in [1.29, 1.82) is 0 Å². The van der Waals surface area contributed by atoms with Crippen molar-refractivity contribution in [3.8, 4) is 0 Å². The molecule has 8 heteroatoms. The van der Waals surface area contributed by atoms with Crippen molar-refractivity contribution in [1.82, 2.24) is 9.66 Å². The van der Waals surface area contributed by atoms with E-state index in [9.17, 15) is 14.4 Å². The molecular formula is C19H18N4O3S. The van der Waals surface area contributed by atoms with Gasteiger partial charge in [-0.1, -0.05) is 6.92 Å². The fourth-order valence-electron chi connectivity index (χ4n) is 3.11. The second-order valence-corrected chi connectivity index (χ2v) is 7.46. The minimum absolute atomic E-state index is 0.0975. The SMILES string of the molecule is CCc1cc2c(=O)n(NC(=O)c3ccc(N4CCCC4=O)cc3)cnc2s1. The molecule has 27 heavy (non-hydrogen) atoms. The van der Waals surface area contributed by atoms with Gasteiger partial charge in [0.2, 0.25) is 5.91 Å². The lowest BCUT2D eigenvalue weighted by Gasteiger charge is -2.16. The zero-order chi connectivity index (χ0) is 19.0. The van der Waals surface area contributed by atoms with E-state index in [4.69, 9.17) is 0 Å². The molecule has 0 bridgehead atoms. The van der Waals surface area contributed by atoms with Crippen molar-refractivity contribution in [2.24, 2.45) is 0 Å². The first-order chi connectivity index (χ1) is 13.1. The van der Waals surface area contributed by atoms with E-state index in [1.807, 2.05) is 13.0 Å². The molecule has 1 saturated heterocycles. The summed E-state index contributed by atoms with van der Waals surface area (Å²) in [5.41, 5.74) is 3.45. The highest BCUT2D eigenvalue weighted by Crippen LogP contribution is 2.22. The van der Waals surface area contributed by atoms with Gasteiger partial charge in [-0.05, 0) is 43.2 Å². The van der Waals surface area contributed by atoms with Gasteiger partial charge in [0.15, 0.2) is 0 Å². The molecule has 1 aliphatic rings. The van der Waals surface area contributed by atoms with Crippen LogP contribution in [0.3, 0.4) is 0 Å². The van der Waals surface area contributed by atoms with Crippen LogP contribution in [0.4, 0.5) is 5.69 Å².